The number of carbonyl (C=O) groups excluding carboxylic acids is 3. The van der Waals surface area contributed by atoms with Gasteiger partial charge in [0.15, 0.2) is 0 Å². The first-order chi connectivity index (χ1) is 42.7. The number of nitrogens with one attached hydrogen (secondary N) is 1. The molecule has 2 aromatic carbocycles. The summed E-state index contributed by atoms with van der Waals surface area (Å²) in [5, 5.41) is 48.9. The summed E-state index contributed by atoms with van der Waals surface area (Å²) in [5.41, 5.74) is 3.92. The second kappa shape index (κ2) is 24.5. The van der Waals surface area contributed by atoms with Gasteiger partial charge in [-0.2, -0.15) is 0 Å². The van der Waals surface area contributed by atoms with Gasteiger partial charge >= 0.3 is 18.0 Å². The van der Waals surface area contributed by atoms with Crippen molar-refractivity contribution < 1.29 is 38.8 Å². The SMILES string of the molecule is COC(=O)CC[C@@H](C)C(C)C1(C)CCC2[C@@H](CC[C@@H]3C[C@](O)(Cn4cc(-c5ccc6c7ccc(-c8cn(C[C@]9(O)CCC%10(C)C%11CCC%12(C)C([C@H](C)CCC(=O)OC)CC[C@H]%12[C@@H]%11CC[C@@H]%10C9)nn8)cc7n(CCNC(=O)OC(C)(C)C)c6c5)nn4)CCC23C)C1. The molecule has 7 fully saturated rings. The predicted octanol–water partition coefficient (Wildman–Crippen LogP) is 14.8. The number of ether oxygens (including phenoxy) is 3. The van der Waals surface area contributed by atoms with Crippen LogP contribution in [0.2, 0.25) is 0 Å². The largest absolute Gasteiger partial charge is 0.469 e. The first-order valence-electron chi connectivity index (χ1n) is 35.1. The van der Waals surface area contributed by atoms with E-state index in [2.05, 4.69) is 105 Å². The highest BCUT2D eigenvalue weighted by Gasteiger charge is 2.62. The first-order valence-corrected chi connectivity index (χ1v) is 35.1. The van der Waals surface area contributed by atoms with Crippen molar-refractivity contribution in [3.63, 3.8) is 0 Å². The molecule has 492 valence electrons. The third-order valence-corrected chi connectivity index (χ3v) is 26.8. The number of rotatable bonds is 18. The molecule has 7 saturated carbocycles. The van der Waals surface area contributed by atoms with Gasteiger partial charge in [-0.1, -0.05) is 83.2 Å². The molecule has 0 bridgehead atoms. The van der Waals surface area contributed by atoms with E-state index in [4.69, 9.17) is 24.4 Å². The summed E-state index contributed by atoms with van der Waals surface area (Å²) in [5.74, 6) is 6.40. The molecule has 7 aliphatic rings. The summed E-state index contributed by atoms with van der Waals surface area (Å²) in [6, 6.07) is 12.9. The quantitative estimate of drug-likeness (QED) is 0.0555. The lowest BCUT2D eigenvalue weighted by Crippen LogP contribution is -2.56. The summed E-state index contributed by atoms with van der Waals surface area (Å²) in [4.78, 5) is 37.1. The van der Waals surface area contributed by atoms with Crippen LogP contribution in [0.1, 0.15) is 204 Å². The maximum absolute atomic E-state index is 13.0. The number of alkyl carbamates (subject to hydrolysis) is 1. The lowest BCUT2D eigenvalue weighted by atomic mass is 9.43. The van der Waals surface area contributed by atoms with E-state index in [0.29, 0.717) is 97.7 Å². The molecule has 16 heteroatoms. The number of aliphatic hydroxyl groups is 2. The van der Waals surface area contributed by atoms with Crippen molar-refractivity contribution in [2.45, 2.75) is 241 Å². The maximum atomic E-state index is 13.0. The Kier molecular flexibility index (Phi) is 17.6. The Balaban J connectivity index is 0.720. The second-order valence-electron chi connectivity index (χ2n) is 32.9. The number of methoxy groups -OCH3 is 2. The van der Waals surface area contributed by atoms with Crippen molar-refractivity contribution in [3.05, 3.63) is 48.8 Å². The van der Waals surface area contributed by atoms with Crippen LogP contribution in [0.4, 0.5) is 4.79 Å². The number of amides is 1. The smallest absolute Gasteiger partial charge is 0.407 e. The summed E-state index contributed by atoms with van der Waals surface area (Å²) in [6.07, 6.45) is 25.0. The van der Waals surface area contributed by atoms with E-state index in [1.165, 1.54) is 72.0 Å². The standard InChI is InChI=1S/C74H108N8O8/c1-46(13-25-65(83)88-11)48(3)69(7)29-27-58-51(39-69)15-18-52-40-73(86,33-31-70(52,58)8)44-80-42-61(76-78-80)49-16-20-54-55-21-17-50(38-64(55)82(63(54)37-49)36-35-75-67(85)90-68(4,5)6)62-43-81(79-77-62)45-74(87)34-32-71(9)53(41-74)19-22-56-59-24-23-57(47(2)14-26-66(84)89-12)72(59,10)30-28-60(56)71/h16-17,20-21,37-38,42-43,46-48,51-53,56-60,86-87H,13-15,18-19,22-36,39-41,44-45H2,1-12H3,(H,75,85)/t46-,47-,48?,51+,52-,53-,56+,57?,58?,59+,60?,69?,70?,71?,72?,73+,74+/m1/s1. The topological polar surface area (TPSA) is 198 Å². The Hall–Kier alpha value is -5.35. The molecule has 8 unspecified atom stereocenters. The fourth-order valence-corrected chi connectivity index (χ4v) is 21.5. The van der Waals surface area contributed by atoms with E-state index < -0.39 is 22.9 Å². The molecule has 7 aliphatic carbocycles. The van der Waals surface area contributed by atoms with E-state index in [1.807, 2.05) is 42.5 Å². The second-order valence-corrected chi connectivity index (χ2v) is 32.9. The number of hydrogen-bond donors (Lipinski definition) is 3. The zero-order valence-corrected chi connectivity index (χ0v) is 56.6. The van der Waals surface area contributed by atoms with Gasteiger partial charge in [0, 0.05) is 58.9 Å². The third kappa shape index (κ3) is 12.3. The number of carbonyl (C=O) groups is 3. The molecule has 0 aliphatic heterocycles. The molecule has 3 N–H and O–H groups in total. The van der Waals surface area contributed by atoms with Crippen LogP contribution < -0.4 is 5.32 Å². The van der Waals surface area contributed by atoms with Gasteiger partial charge in [-0.3, -0.25) is 9.59 Å². The molecule has 0 saturated heterocycles. The number of fused-ring (bicyclic) bond motifs is 11. The van der Waals surface area contributed by atoms with Gasteiger partial charge in [-0.25, -0.2) is 14.2 Å². The van der Waals surface area contributed by atoms with Crippen molar-refractivity contribution in [1.82, 2.24) is 39.9 Å². The zero-order valence-electron chi connectivity index (χ0n) is 56.6. The Morgan fingerprint density at radius 3 is 1.77 bits per heavy atom. The molecule has 17 atom stereocenters. The molecule has 0 spiro atoms. The molecule has 1 amide bonds. The van der Waals surface area contributed by atoms with Gasteiger partial charge in [-0.05, 0) is 242 Å². The van der Waals surface area contributed by atoms with Gasteiger partial charge in [0.25, 0.3) is 0 Å². The average Bonchev–Trinajstić information content (AvgIpc) is 1.27. The van der Waals surface area contributed by atoms with E-state index in [1.54, 1.807) is 0 Å². The van der Waals surface area contributed by atoms with Crippen LogP contribution in [0.5, 0.6) is 0 Å². The number of nitrogens with zero attached hydrogens (tertiary/aromatic N) is 7. The first kappa shape index (κ1) is 64.7. The van der Waals surface area contributed by atoms with Crippen molar-refractivity contribution >= 4 is 39.8 Å². The van der Waals surface area contributed by atoms with E-state index in [0.717, 1.165) is 120 Å². The fraction of sp³-hybridized carbons (Fsp3) is 0.743. The number of benzene rings is 2. The predicted molar refractivity (Wildman–Crippen MR) is 350 cm³/mol. The van der Waals surface area contributed by atoms with Crippen molar-refractivity contribution in [2.75, 3.05) is 20.8 Å². The summed E-state index contributed by atoms with van der Waals surface area (Å²) < 4.78 is 21.6. The van der Waals surface area contributed by atoms with Gasteiger partial charge in [0.1, 0.15) is 17.0 Å². The summed E-state index contributed by atoms with van der Waals surface area (Å²) >= 11 is 0. The molecule has 0 radical (unpaired) electrons. The highest BCUT2D eigenvalue weighted by Crippen LogP contribution is 2.69. The minimum Gasteiger partial charge on any atom is -0.469 e. The van der Waals surface area contributed by atoms with Crippen LogP contribution >= 0.6 is 0 Å². The van der Waals surface area contributed by atoms with E-state index in [-0.39, 0.29) is 28.2 Å². The Labute approximate surface area is 535 Å². The zero-order chi connectivity index (χ0) is 63.9. The highest BCUT2D eigenvalue weighted by molar-refractivity contribution is 6.10. The third-order valence-electron chi connectivity index (χ3n) is 26.8. The van der Waals surface area contributed by atoms with Gasteiger partial charge in [-0.15, -0.1) is 10.2 Å². The van der Waals surface area contributed by atoms with Crippen molar-refractivity contribution in [3.8, 4) is 22.5 Å². The molecular weight excluding hydrogens is 1130 g/mol. The maximum Gasteiger partial charge on any atom is 0.407 e. The molecule has 3 heterocycles. The van der Waals surface area contributed by atoms with E-state index in [9.17, 15) is 24.6 Å². The molecule has 12 rings (SSSR count). The van der Waals surface area contributed by atoms with Gasteiger partial charge < -0.3 is 34.3 Å². The van der Waals surface area contributed by atoms with Crippen molar-refractivity contribution in [2.24, 2.45) is 86.8 Å². The lowest BCUT2D eigenvalue weighted by Gasteiger charge is -2.62. The van der Waals surface area contributed by atoms with Crippen LogP contribution in [-0.4, -0.2) is 100 Å². The van der Waals surface area contributed by atoms with Gasteiger partial charge in [0.2, 0.25) is 0 Å². The summed E-state index contributed by atoms with van der Waals surface area (Å²) in [6.45, 7) is 24.5. The van der Waals surface area contributed by atoms with Crippen LogP contribution in [0.15, 0.2) is 48.8 Å². The Bertz CT molecular complexity index is 3440. The lowest BCUT2D eigenvalue weighted by molar-refractivity contribution is -0.156. The molecular formula is C74H108N8O8. The minimum absolute atomic E-state index is 0.0937. The average molecular weight is 1240 g/mol. The fourth-order valence-electron chi connectivity index (χ4n) is 21.5. The van der Waals surface area contributed by atoms with Crippen LogP contribution in [0, 0.1) is 86.8 Å². The van der Waals surface area contributed by atoms with Crippen LogP contribution in [-0.2, 0) is 43.4 Å². The molecule has 16 nitrogen and oxygen atoms in total. The normalized spacial score (nSPS) is 35.1. The molecule has 3 aromatic heterocycles. The number of esters is 2. The Morgan fingerprint density at radius 1 is 0.644 bits per heavy atom. The highest BCUT2D eigenvalue weighted by atomic mass is 16.6. The monoisotopic (exact) mass is 1240 g/mol. The van der Waals surface area contributed by atoms with Crippen LogP contribution in [0.3, 0.4) is 0 Å². The van der Waals surface area contributed by atoms with Gasteiger partial charge in [0.05, 0.1) is 50.9 Å². The van der Waals surface area contributed by atoms with Crippen molar-refractivity contribution in [1.29, 1.82) is 0 Å². The molecule has 5 aromatic rings. The number of hydrogen-bond acceptors (Lipinski definition) is 12. The Morgan fingerprint density at radius 2 is 1.19 bits per heavy atom. The summed E-state index contributed by atoms with van der Waals surface area (Å²) in [7, 11) is 2.98. The van der Waals surface area contributed by atoms with E-state index >= 15 is 0 Å². The molecule has 90 heavy (non-hydrogen) atoms. The minimum atomic E-state index is -0.874. The van der Waals surface area contributed by atoms with Crippen LogP contribution in [0.25, 0.3) is 44.3 Å². The number of aromatic nitrogens is 7.